The fourth-order valence-corrected chi connectivity index (χ4v) is 10.5. The van der Waals surface area contributed by atoms with Gasteiger partial charge in [-0.15, -0.1) is 22.7 Å². The Kier molecular flexibility index (Phi) is 6.97. The van der Waals surface area contributed by atoms with Gasteiger partial charge in [-0.05, 0) is 92.3 Å². The lowest BCUT2D eigenvalue weighted by atomic mass is 9.97. The molecule has 1 nitrogen and oxygen atoms in total. The molecule has 53 heavy (non-hydrogen) atoms. The van der Waals surface area contributed by atoms with Gasteiger partial charge in [0.15, 0.2) is 0 Å². The van der Waals surface area contributed by atoms with Gasteiger partial charge in [-0.3, -0.25) is 0 Å². The Hall–Kier alpha value is -6.26. The van der Waals surface area contributed by atoms with Crippen LogP contribution >= 0.6 is 22.7 Å². The molecule has 0 aliphatic carbocycles. The van der Waals surface area contributed by atoms with Gasteiger partial charge in [0.05, 0.1) is 5.69 Å². The highest BCUT2D eigenvalue weighted by molar-refractivity contribution is 7.26. The first kappa shape index (κ1) is 30.4. The third kappa shape index (κ3) is 4.97. The summed E-state index contributed by atoms with van der Waals surface area (Å²) in [4.78, 5) is 2.49. The van der Waals surface area contributed by atoms with E-state index in [-0.39, 0.29) is 0 Å². The normalized spacial score (nSPS) is 11.8. The lowest BCUT2D eigenvalue weighted by molar-refractivity contribution is 1.31. The van der Waals surface area contributed by atoms with Gasteiger partial charge in [0, 0.05) is 51.7 Å². The molecule has 0 aliphatic rings. The molecule has 248 valence electrons. The maximum atomic E-state index is 2.49. The van der Waals surface area contributed by atoms with Gasteiger partial charge in [-0.2, -0.15) is 0 Å². The number of nitrogens with zero attached hydrogens (tertiary/aromatic N) is 1. The Labute approximate surface area is 315 Å². The molecule has 0 unspecified atom stereocenters. The van der Waals surface area contributed by atoms with Crippen LogP contribution in [0.3, 0.4) is 0 Å². The first-order valence-electron chi connectivity index (χ1n) is 18.0. The van der Waals surface area contributed by atoms with Crippen molar-refractivity contribution in [1.29, 1.82) is 0 Å². The zero-order chi connectivity index (χ0) is 34.9. The lowest BCUT2D eigenvalue weighted by Gasteiger charge is -2.27. The van der Waals surface area contributed by atoms with Crippen LogP contribution in [0.5, 0.6) is 0 Å². The Morgan fingerprint density at radius 2 is 0.943 bits per heavy atom. The Balaban J connectivity index is 1.16. The minimum Gasteiger partial charge on any atom is -0.310 e. The quantitative estimate of drug-likeness (QED) is 0.161. The molecule has 0 aliphatic heterocycles. The second-order valence-corrected chi connectivity index (χ2v) is 15.8. The second-order valence-electron chi connectivity index (χ2n) is 13.7. The monoisotopic (exact) mass is 709 g/mol. The third-order valence-corrected chi connectivity index (χ3v) is 13.0. The van der Waals surface area contributed by atoms with Crippen molar-refractivity contribution in [2.24, 2.45) is 0 Å². The van der Waals surface area contributed by atoms with Crippen LogP contribution in [0, 0.1) is 0 Å². The van der Waals surface area contributed by atoms with Gasteiger partial charge in [0.2, 0.25) is 0 Å². The number of fused-ring (bicyclic) bond motifs is 9. The van der Waals surface area contributed by atoms with Crippen LogP contribution in [-0.2, 0) is 0 Å². The van der Waals surface area contributed by atoms with Crippen LogP contribution in [0.2, 0.25) is 0 Å². The van der Waals surface area contributed by atoms with E-state index in [4.69, 9.17) is 0 Å². The van der Waals surface area contributed by atoms with Gasteiger partial charge in [-0.25, -0.2) is 0 Å². The summed E-state index contributed by atoms with van der Waals surface area (Å²) in [6, 6.07) is 69.2. The molecule has 11 rings (SSSR count). The van der Waals surface area contributed by atoms with E-state index in [9.17, 15) is 0 Å². The molecule has 0 bridgehead atoms. The smallest absolute Gasteiger partial charge is 0.0555 e. The Morgan fingerprint density at radius 3 is 1.79 bits per heavy atom. The van der Waals surface area contributed by atoms with Crippen molar-refractivity contribution in [1.82, 2.24) is 0 Å². The third-order valence-electron chi connectivity index (χ3n) is 10.7. The lowest BCUT2D eigenvalue weighted by Crippen LogP contribution is -2.10. The molecular formula is C50H31NS2. The van der Waals surface area contributed by atoms with Crippen LogP contribution in [-0.4, -0.2) is 0 Å². The molecule has 2 heterocycles. The number of anilines is 3. The standard InChI is InChI=1S/C50H31NS2/c1-2-10-32(11-3-1)33-18-20-35(21-19-33)41-27-28-45(49-43-15-7-9-17-47(43)53-50(41)49)51(38-25-29-48-44(31-38)42-14-6-8-16-46(42)52-48)37-24-26-40-36(30-37)23-22-34-12-4-5-13-39(34)40/h1-31H. The van der Waals surface area contributed by atoms with E-state index in [0.717, 1.165) is 11.4 Å². The average molecular weight is 710 g/mol. The van der Waals surface area contributed by atoms with Crippen molar-refractivity contribution in [2.45, 2.75) is 0 Å². The summed E-state index contributed by atoms with van der Waals surface area (Å²) in [5, 5.41) is 10.2. The molecule has 11 aromatic rings. The number of thiophene rings is 2. The molecule has 0 amide bonds. The maximum absolute atomic E-state index is 2.49. The minimum absolute atomic E-state index is 1.14. The summed E-state index contributed by atoms with van der Waals surface area (Å²) in [5.41, 5.74) is 8.42. The van der Waals surface area contributed by atoms with Gasteiger partial charge < -0.3 is 4.90 Å². The zero-order valence-electron chi connectivity index (χ0n) is 28.7. The van der Waals surface area contributed by atoms with Crippen LogP contribution in [0.15, 0.2) is 188 Å². The molecule has 0 N–H and O–H groups in total. The number of hydrogen-bond donors (Lipinski definition) is 0. The predicted octanol–water partition coefficient (Wildman–Crippen LogP) is 15.5. The fraction of sp³-hybridized carbons (Fsp3) is 0. The number of benzene rings is 9. The summed E-state index contributed by atoms with van der Waals surface area (Å²) in [6.07, 6.45) is 0. The fourth-order valence-electron chi connectivity index (χ4n) is 8.12. The van der Waals surface area contributed by atoms with E-state index in [1.54, 1.807) is 0 Å². The van der Waals surface area contributed by atoms with Gasteiger partial charge in [0.1, 0.15) is 0 Å². The minimum atomic E-state index is 1.14. The van der Waals surface area contributed by atoms with E-state index < -0.39 is 0 Å². The van der Waals surface area contributed by atoms with E-state index >= 15 is 0 Å². The van der Waals surface area contributed by atoms with Gasteiger partial charge >= 0.3 is 0 Å². The maximum Gasteiger partial charge on any atom is 0.0555 e. The van der Waals surface area contributed by atoms with Crippen LogP contribution in [0.4, 0.5) is 17.1 Å². The first-order chi connectivity index (χ1) is 26.3. The number of hydrogen-bond acceptors (Lipinski definition) is 3. The Bertz CT molecular complexity index is 3170. The second kappa shape index (κ2) is 12.2. The summed E-state index contributed by atoms with van der Waals surface area (Å²) < 4.78 is 5.22. The molecule has 3 heteroatoms. The molecule has 0 spiro atoms. The highest BCUT2D eigenvalue weighted by atomic mass is 32.1. The first-order valence-corrected chi connectivity index (χ1v) is 19.6. The Morgan fingerprint density at radius 1 is 0.340 bits per heavy atom. The topological polar surface area (TPSA) is 3.24 Å². The molecule has 0 saturated heterocycles. The number of rotatable bonds is 5. The SMILES string of the molecule is c1ccc(-c2ccc(-c3ccc(N(c4ccc5c(ccc6ccccc65)c4)c4ccc5sc6ccccc6c5c4)c4c3sc3ccccc34)cc2)cc1. The van der Waals surface area contributed by atoms with Gasteiger partial charge in [0.25, 0.3) is 0 Å². The van der Waals surface area contributed by atoms with Crippen LogP contribution in [0.25, 0.3) is 84.1 Å². The van der Waals surface area contributed by atoms with E-state index in [1.165, 1.54) is 89.8 Å². The zero-order valence-corrected chi connectivity index (χ0v) is 30.3. The van der Waals surface area contributed by atoms with Crippen molar-refractivity contribution in [2.75, 3.05) is 4.90 Å². The summed E-state index contributed by atoms with van der Waals surface area (Å²) in [7, 11) is 0. The summed E-state index contributed by atoms with van der Waals surface area (Å²) in [5.74, 6) is 0. The van der Waals surface area contributed by atoms with Crippen molar-refractivity contribution >= 4 is 102 Å². The highest BCUT2D eigenvalue weighted by Gasteiger charge is 2.22. The van der Waals surface area contributed by atoms with Crippen molar-refractivity contribution in [3.8, 4) is 22.3 Å². The molecule has 9 aromatic carbocycles. The largest absolute Gasteiger partial charge is 0.310 e. The predicted molar refractivity (Wildman–Crippen MR) is 233 cm³/mol. The highest BCUT2D eigenvalue weighted by Crippen LogP contribution is 2.49. The summed E-state index contributed by atoms with van der Waals surface area (Å²) >= 11 is 3.76. The molecule has 0 saturated carbocycles. The molecule has 0 fully saturated rings. The molecular weight excluding hydrogens is 679 g/mol. The van der Waals surface area contributed by atoms with Crippen LogP contribution < -0.4 is 4.90 Å². The van der Waals surface area contributed by atoms with Crippen molar-refractivity contribution in [3.05, 3.63) is 188 Å². The van der Waals surface area contributed by atoms with E-state index in [2.05, 4.69) is 193 Å². The van der Waals surface area contributed by atoms with E-state index in [1.807, 2.05) is 22.7 Å². The molecule has 0 atom stereocenters. The molecule has 0 radical (unpaired) electrons. The average Bonchev–Trinajstić information content (AvgIpc) is 3.80. The van der Waals surface area contributed by atoms with Crippen molar-refractivity contribution < 1.29 is 0 Å². The van der Waals surface area contributed by atoms with E-state index in [0.29, 0.717) is 0 Å². The summed E-state index contributed by atoms with van der Waals surface area (Å²) in [6.45, 7) is 0. The van der Waals surface area contributed by atoms with Crippen molar-refractivity contribution in [3.63, 3.8) is 0 Å². The van der Waals surface area contributed by atoms with Gasteiger partial charge in [-0.1, -0.05) is 140 Å². The van der Waals surface area contributed by atoms with Crippen LogP contribution in [0.1, 0.15) is 0 Å². The molecule has 2 aromatic heterocycles.